The minimum Gasteiger partial charge on any atom is -0.465 e. The average Bonchev–Trinajstić information content (AvgIpc) is 3.63. The standard InChI is InChI=1S/C32H40N5O8P/c1-6-7-17-40-25(38)18-36-46(39,44-24-14-10-12-21-11-8-9-13-22(21)24)43-20(2)26-27-32(5,45-31(3,4)42-27)30(41-26)37-16-15-23-28(33)34-19-35-29(23)37/h8-16,19-20,26-27,30H,6-7,17-18H2,1-5H3,(H,36,39)(H2,33,34,35)/t20-,26-,27-,30-,32-,46?/m1/s1. The molecule has 0 aliphatic carbocycles. The third-order valence-electron chi connectivity index (χ3n) is 8.22. The zero-order valence-corrected chi connectivity index (χ0v) is 27.4. The number of aromatic nitrogens is 3. The molecule has 6 rings (SSSR count). The lowest BCUT2D eigenvalue weighted by molar-refractivity contribution is -0.220. The molecule has 13 nitrogen and oxygen atoms in total. The van der Waals surface area contributed by atoms with Crippen molar-refractivity contribution in [2.75, 3.05) is 18.9 Å². The molecule has 0 saturated carbocycles. The van der Waals surface area contributed by atoms with Gasteiger partial charge in [0.15, 0.2) is 12.0 Å². The van der Waals surface area contributed by atoms with Gasteiger partial charge in [-0.25, -0.2) is 19.6 Å². The number of nitrogen functional groups attached to an aromatic ring is 1. The number of nitrogens with two attached hydrogens (primary N) is 1. The predicted molar refractivity (Wildman–Crippen MR) is 171 cm³/mol. The van der Waals surface area contributed by atoms with Crippen LogP contribution in [0, 0.1) is 0 Å². The number of carbonyl (C=O) groups excluding carboxylic acids is 1. The van der Waals surface area contributed by atoms with E-state index >= 15 is 0 Å². The SMILES string of the molecule is CCCCOC(=O)CNP(=O)(Oc1cccc2ccccc12)O[C@H](C)[C@H]1O[C@@H](n2ccc3c(N)ncnc32)[C@]2(C)OC(C)(C)O[C@H]12. The monoisotopic (exact) mass is 653 g/mol. The van der Waals surface area contributed by atoms with Gasteiger partial charge in [-0.1, -0.05) is 49.7 Å². The maximum atomic E-state index is 14.5. The Hall–Kier alpha value is -3.58. The van der Waals surface area contributed by atoms with E-state index in [1.165, 1.54) is 6.33 Å². The van der Waals surface area contributed by atoms with Crippen LogP contribution < -0.4 is 15.3 Å². The van der Waals surface area contributed by atoms with Crippen LogP contribution in [0.5, 0.6) is 5.75 Å². The number of esters is 1. The van der Waals surface area contributed by atoms with Crippen LogP contribution in [0.3, 0.4) is 0 Å². The largest absolute Gasteiger partial charge is 0.465 e. The van der Waals surface area contributed by atoms with E-state index in [1.807, 2.05) is 74.9 Å². The van der Waals surface area contributed by atoms with E-state index in [1.54, 1.807) is 19.1 Å². The lowest BCUT2D eigenvalue weighted by Gasteiger charge is -2.31. The molecule has 0 amide bonds. The van der Waals surface area contributed by atoms with Gasteiger partial charge in [-0.2, -0.15) is 0 Å². The fraction of sp³-hybridized carbons (Fsp3) is 0.469. The first-order chi connectivity index (χ1) is 21.9. The zero-order valence-electron chi connectivity index (χ0n) is 26.5. The topological polar surface area (TPSA) is 158 Å². The molecule has 2 aromatic heterocycles. The smallest absolute Gasteiger partial charge is 0.459 e. The number of fused-ring (bicyclic) bond motifs is 3. The van der Waals surface area contributed by atoms with E-state index in [0.29, 0.717) is 22.6 Å². The lowest BCUT2D eigenvalue weighted by Crippen LogP contribution is -2.44. The molecule has 2 aliphatic heterocycles. The molecular weight excluding hydrogens is 613 g/mol. The minimum absolute atomic E-state index is 0.262. The third-order valence-corrected chi connectivity index (χ3v) is 9.82. The number of carbonyl (C=O) groups is 1. The number of nitrogens with zero attached hydrogens (tertiary/aromatic N) is 3. The van der Waals surface area contributed by atoms with Crippen molar-refractivity contribution < 1.29 is 37.4 Å². The minimum atomic E-state index is -4.23. The maximum Gasteiger partial charge on any atom is 0.459 e. The summed E-state index contributed by atoms with van der Waals surface area (Å²) in [5.74, 6) is -0.870. The van der Waals surface area contributed by atoms with Crippen molar-refractivity contribution in [3.63, 3.8) is 0 Å². The molecule has 4 aromatic rings. The van der Waals surface area contributed by atoms with Crippen LogP contribution in [0.2, 0.25) is 0 Å². The van der Waals surface area contributed by atoms with Crippen LogP contribution in [0.1, 0.15) is 53.7 Å². The molecule has 46 heavy (non-hydrogen) atoms. The van der Waals surface area contributed by atoms with Gasteiger partial charge in [-0.05, 0) is 51.6 Å². The van der Waals surface area contributed by atoms with E-state index in [4.69, 9.17) is 33.7 Å². The molecule has 2 aliphatic rings. The summed E-state index contributed by atoms with van der Waals surface area (Å²) in [6, 6.07) is 14.8. The van der Waals surface area contributed by atoms with Crippen molar-refractivity contribution >= 4 is 41.3 Å². The highest BCUT2D eigenvalue weighted by atomic mass is 31.2. The number of rotatable bonds is 12. The molecule has 2 saturated heterocycles. The summed E-state index contributed by atoms with van der Waals surface area (Å²) in [5, 5.41) is 5.00. The summed E-state index contributed by atoms with van der Waals surface area (Å²) >= 11 is 0. The van der Waals surface area contributed by atoms with Gasteiger partial charge in [0.1, 0.15) is 47.9 Å². The Morgan fingerprint density at radius 2 is 1.91 bits per heavy atom. The van der Waals surface area contributed by atoms with E-state index in [9.17, 15) is 9.36 Å². The second kappa shape index (κ2) is 12.6. The number of hydrogen-bond acceptors (Lipinski definition) is 11. The Morgan fingerprint density at radius 1 is 1.13 bits per heavy atom. The number of ether oxygens (including phenoxy) is 4. The molecule has 0 bridgehead atoms. The zero-order chi connectivity index (χ0) is 32.7. The lowest BCUT2D eigenvalue weighted by atomic mass is 9.94. The van der Waals surface area contributed by atoms with Crippen molar-refractivity contribution in [3.05, 3.63) is 61.1 Å². The fourth-order valence-electron chi connectivity index (χ4n) is 6.17. The number of benzene rings is 2. The second-order valence-corrected chi connectivity index (χ2v) is 13.9. The Morgan fingerprint density at radius 3 is 2.72 bits per heavy atom. The highest BCUT2D eigenvalue weighted by molar-refractivity contribution is 7.52. The maximum absolute atomic E-state index is 14.5. The van der Waals surface area contributed by atoms with Crippen molar-refractivity contribution in [2.45, 2.75) is 83.4 Å². The summed E-state index contributed by atoms with van der Waals surface area (Å²) in [7, 11) is -4.23. The number of anilines is 1. The van der Waals surface area contributed by atoms with Crippen LogP contribution in [0.15, 0.2) is 61.1 Å². The number of hydrogen-bond donors (Lipinski definition) is 2. The third kappa shape index (κ3) is 6.23. The molecule has 246 valence electrons. The number of nitrogens with one attached hydrogen (secondary N) is 1. The molecule has 2 fully saturated rings. The van der Waals surface area contributed by atoms with Gasteiger partial charge in [0, 0.05) is 11.6 Å². The van der Waals surface area contributed by atoms with Crippen LogP contribution in [0.4, 0.5) is 5.82 Å². The first-order valence-electron chi connectivity index (χ1n) is 15.4. The van der Waals surface area contributed by atoms with Gasteiger partial charge < -0.3 is 33.8 Å². The average molecular weight is 654 g/mol. The summed E-state index contributed by atoms with van der Waals surface area (Å²) in [6.45, 7) is 9.13. The van der Waals surface area contributed by atoms with Crippen LogP contribution in [-0.2, 0) is 32.8 Å². The summed E-state index contributed by atoms with van der Waals surface area (Å²) < 4.78 is 53.5. The molecule has 3 N–H and O–H groups in total. The van der Waals surface area contributed by atoms with Gasteiger partial charge >= 0.3 is 13.7 Å². The van der Waals surface area contributed by atoms with Gasteiger partial charge in [0.05, 0.1) is 18.1 Å². The van der Waals surface area contributed by atoms with E-state index < -0.39 is 56.2 Å². The van der Waals surface area contributed by atoms with Gasteiger partial charge in [-0.3, -0.25) is 9.32 Å². The molecule has 1 unspecified atom stereocenters. The van der Waals surface area contributed by atoms with Crippen LogP contribution >= 0.6 is 7.75 Å². The normalized spacial score (nSPS) is 25.7. The summed E-state index contributed by atoms with van der Waals surface area (Å²) in [6.07, 6.45) is 1.76. The van der Waals surface area contributed by atoms with E-state index in [2.05, 4.69) is 15.1 Å². The van der Waals surface area contributed by atoms with Crippen molar-refractivity contribution in [1.29, 1.82) is 0 Å². The molecular formula is C32H40N5O8P. The molecule has 2 aromatic carbocycles. The molecule has 6 atom stereocenters. The van der Waals surface area contributed by atoms with Crippen molar-refractivity contribution in [2.24, 2.45) is 0 Å². The first kappa shape index (κ1) is 32.4. The number of unbranched alkanes of at least 4 members (excludes halogenated alkanes) is 1. The van der Waals surface area contributed by atoms with Gasteiger partial charge in [0.25, 0.3) is 0 Å². The molecule has 4 heterocycles. The Bertz CT molecular complexity index is 1780. The molecule has 0 radical (unpaired) electrons. The first-order valence-corrected chi connectivity index (χ1v) is 16.9. The quantitative estimate of drug-likeness (QED) is 0.113. The Labute approximate surface area is 267 Å². The van der Waals surface area contributed by atoms with Crippen molar-refractivity contribution in [1.82, 2.24) is 19.6 Å². The summed E-state index contributed by atoms with van der Waals surface area (Å²) in [5.41, 5.74) is 5.67. The second-order valence-electron chi connectivity index (χ2n) is 12.2. The van der Waals surface area contributed by atoms with Crippen molar-refractivity contribution in [3.8, 4) is 5.75 Å². The Kier molecular flexibility index (Phi) is 8.83. The molecule has 14 heteroatoms. The van der Waals surface area contributed by atoms with Gasteiger partial charge in [-0.15, -0.1) is 0 Å². The highest BCUT2D eigenvalue weighted by Crippen LogP contribution is 2.55. The Balaban J connectivity index is 1.30. The summed E-state index contributed by atoms with van der Waals surface area (Å²) in [4.78, 5) is 21.1. The van der Waals surface area contributed by atoms with Gasteiger partial charge in [0.2, 0.25) is 0 Å². The molecule has 0 spiro atoms. The van der Waals surface area contributed by atoms with E-state index in [-0.39, 0.29) is 6.61 Å². The van der Waals surface area contributed by atoms with Crippen LogP contribution in [-0.4, -0.2) is 63.4 Å². The predicted octanol–water partition coefficient (Wildman–Crippen LogP) is 5.50. The van der Waals surface area contributed by atoms with E-state index in [0.717, 1.165) is 23.6 Å². The highest BCUT2D eigenvalue weighted by Gasteiger charge is 2.65. The van der Waals surface area contributed by atoms with Crippen LogP contribution in [0.25, 0.3) is 21.8 Å². The fourth-order valence-corrected chi connectivity index (χ4v) is 7.65.